The van der Waals surface area contributed by atoms with Crippen LogP contribution in [0.15, 0.2) is 90.0 Å². The maximum absolute atomic E-state index is 12.3. The van der Waals surface area contributed by atoms with Crippen molar-refractivity contribution in [3.63, 3.8) is 0 Å². The molecular formula is C31H48N4O3S. The molecule has 4 aromatic rings. The summed E-state index contributed by atoms with van der Waals surface area (Å²) >= 11 is 0. The van der Waals surface area contributed by atoms with Crippen LogP contribution >= 0.6 is 0 Å². The van der Waals surface area contributed by atoms with Crippen LogP contribution in [0.4, 0.5) is 5.69 Å². The Morgan fingerprint density at radius 2 is 1.38 bits per heavy atom. The van der Waals surface area contributed by atoms with Crippen LogP contribution in [-0.4, -0.2) is 50.8 Å². The van der Waals surface area contributed by atoms with Crippen LogP contribution in [0.5, 0.6) is 5.75 Å². The van der Waals surface area contributed by atoms with Gasteiger partial charge in [0.2, 0.25) is 0 Å². The average molecular weight is 557 g/mol. The first-order chi connectivity index (χ1) is 18.6. The van der Waals surface area contributed by atoms with E-state index in [0.717, 1.165) is 29.9 Å². The van der Waals surface area contributed by atoms with Gasteiger partial charge in [0.1, 0.15) is 5.75 Å². The lowest BCUT2D eigenvalue weighted by atomic mass is 10.2. The Labute approximate surface area is 236 Å². The first-order valence-corrected chi connectivity index (χ1v) is 14.9. The molecule has 0 saturated heterocycles. The number of hydrogen-bond donors (Lipinski definition) is 2. The van der Waals surface area contributed by atoms with E-state index in [2.05, 4.69) is 61.5 Å². The summed E-state index contributed by atoms with van der Waals surface area (Å²) in [6.45, 7) is 17.1. The van der Waals surface area contributed by atoms with Gasteiger partial charge in [-0.3, -0.25) is 9.82 Å². The van der Waals surface area contributed by atoms with E-state index in [0.29, 0.717) is 11.4 Å². The summed E-state index contributed by atoms with van der Waals surface area (Å²) in [5.74, 6) is 1.44. The Bertz CT molecular complexity index is 1190. The van der Waals surface area contributed by atoms with Crippen molar-refractivity contribution in [2.75, 3.05) is 32.0 Å². The molecule has 0 saturated carbocycles. The van der Waals surface area contributed by atoms with E-state index in [4.69, 9.17) is 4.74 Å². The van der Waals surface area contributed by atoms with Crippen molar-refractivity contribution < 1.29 is 13.2 Å². The van der Waals surface area contributed by atoms with Crippen molar-refractivity contribution in [1.29, 1.82) is 0 Å². The Morgan fingerprint density at radius 1 is 0.897 bits per heavy atom. The molecule has 7 nitrogen and oxygen atoms in total. The summed E-state index contributed by atoms with van der Waals surface area (Å²) < 4.78 is 32.2. The second kappa shape index (κ2) is 20.6. The van der Waals surface area contributed by atoms with Crippen LogP contribution in [0.2, 0.25) is 0 Å². The highest BCUT2D eigenvalue weighted by Crippen LogP contribution is 2.21. The molecule has 0 aliphatic carbocycles. The van der Waals surface area contributed by atoms with E-state index in [9.17, 15) is 8.42 Å². The fourth-order valence-corrected chi connectivity index (χ4v) is 3.63. The van der Waals surface area contributed by atoms with Gasteiger partial charge in [0.25, 0.3) is 10.0 Å². The van der Waals surface area contributed by atoms with Gasteiger partial charge < -0.3 is 9.64 Å². The smallest absolute Gasteiger partial charge is 0.261 e. The molecule has 0 amide bonds. The minimum Gasteiger partial charge on any atom is -0.497 e. The highest BCUT2D eigenvalue weighted by Gasteiger charge is 2.14. The van der Waals surface area contributed by atoms with Gasteiger partial charge in [0, 0.05) is 11.1 Å². The van der Waals surface area contributed by atoms with Gasteiger partial charge in [-0.25, -0.2) is 8.42 Å². The SMILES string of the molecule is CC.CC(C)C.CCN(C)CC.COc1ccc(S(=O)(=O)Nc2ccc3[nH]ncc3c2)cc1.c1ccccc1. The summed E-state index contributed by atoms with van der Waals surface area (Å²) in [5, 5.41) is 7.55. The van der Waals surface area contributed by atoms with Crippen molar-refractivity contribution in [1.82, 2.24) is 15.1 Å². The van der Waals surface area contributed by atoms with E-state index in [1.54, 1.807) is 36.5 Å². The minimum atomic E-state index is -3.63. The number of hydrogen-bond acceptors (Lipinski definition) is 5. The topological polar surface area (TPSA) is 87.3 Å². The van der Waals surface area contributed by atoms with Crippen molar-refractivity contribution in [3.8, 4) is 5.75 Å². The number of H-pyrrole nitrogens is 1. The number of sulfonamides is 1. The molecule has 0 bridgehead atoms. The molecule has 1 heterocycles. The Morgan fingerprint density at radius 3 is 1.79 bits per heavy atom. The summed E-state index contributed by atoms with van der Waals surface area (Å²) in [5.41, 5.74) is 1.34. The Hall–Kier alpha value is -3.36. The normalized spacial score (nSPS) is 10.0. The minimum absolute atomic E-state index is 0.176. The van der Waals surface area contributed by atoms with Crippen LogP contribution in [0.3, 0.4) is 0 Å². The van der Waals surface area contributed by atoms with Crippen LogP contribution in [0, 0.1) is 5.92 Å². The predicted molar refractivity (Wildman–Crippen MR) is 167 cm³/mol. The molecule has 4 rings (SSSR count). The number of rotatable bonds is 6. The van der Waals surface area contributed by atoms with Gasteiger partial charge in [0.15, 0.2) is 0 Å². The third-order valence-electron chi connectivity index (χ3n) is 4.81. The summed E-state index contributed by atoms with van der Waals surface area (Å²) in [7, 11) is 0.0146. The third-order valence-corrected chi connectivity index (χ3v) is 6.21. The highest BCUT2D eigenvalue weighted by atomic mass is 32.2. The van der Waals surface area contributed by atoms with Gasteiger partial charge in [0.05, 0.1) is 23.7 Å². The fraction of sp³-hybridized carbons (Fsp3) is 0.387. The number of fused-ring (bicyclic) bond motifs is 1. The van der Waals surface area contributed by atoms with Crippen LogP contribution in [-0.2, 0) is 10.0 Å². The number of nitrogens with zero attached hydrogens (tertiary/aromatic N) is 2. The number of aromatic amines is 1. The number of benzene rings is 3. The van der Waals surface area contributed by atoms with Gasteiger partial charge in [-0.2, -0.15) is 5.10 Å². The molecule has 0 fully saturated rings. The molecule has 216 valence electrons. The zero-order chi connectivity index (χ0) is 29.7. The molecule has 0 aliphatic rings. The molecule has 39 heavy (non-hydrogen) atoms. The Balaban J connectivity index is 0.000000655. The zero-order valence-corrected chi connectivity index (χ0v) is 25.9. The van der Waals surface area contributed by atoms with E-state index >= 15 is 0 Å². The summed E-state index contributed by atoms with van der Waals surface area (Å²) in [6, 6.07) is 23.4. The first kappa shape index (κ1) is 35.6. The van der Waals surface area contributed by atoms with Gasteiger partial charge in [-0.1, -0.05) is 84.9 Å². The fourth-order valence-electron chi connectivity index (χ4n) is 2.58. The predicted octanol–water partition coefficient (Wildman–Crippen LogP) is 7.71. The lowest BCUT2D eigenvalue weighted by Gasteiger charge is -2.08. The van der Waals surface area contributed by atoms with Gasteiger partial charge in [-0.15, -0.1) is 0 Å². The molecule has 8 heteroatoms. The van der Waals surface area contributed by atoms with E-state index < -0.39 is 10.0 Å². The first-order valence-electron chi connectivity index (χ1n) is 13.4. The van der Waals surface area contributed by atoms with Crippen LogP contribution < -0.4 is 9.46 Å². The monoisotopic (exact) mass is 556 g/mol. The molecule has 0 spiro atoms. The molecule has 2 N–H and O–H groups in total. The Kier molecular flexibility index (Phi) is 18.8. The quantitative estimate of drug-likeness (QED) is 0.254. The largest absolute Gasteiger partial charge is 0.497 e. The van der Waals surface area contributed by atoms with Crippen LogP contribution in [0.1, 0.15) is 48.5 Å². The molecule has 3 aromatic carbocycles. The third kappa shape index (κ3) is 15.6. The van der Waals surface area contributed by atoms with Crippen molar-refractivity contribution in [2.45, 2.75) is 53.4 Å². The number of aromatic nitrogens is 2. The average Bonchev–Trinajstić information content (AvgIpc) is 3.43. The molecule has 0 unspecified atom stereocenters. The molecule has 0 aliphatic heterocycles. The van der Waals surface area contributed by atoms with Crippen LogP contribution in [0.25, 0.3) is 10.9 Å². The summed E-state index contributed by atoms with van der Waals surface area (Å²) in [4.78, 5) is 2.43. The van der Waals surface area contributed by atoms with E-state index in [1.807, 2.05) is 50.2 Å². The zero-order valence-electron chi connectivity index (χ0n) is 25.1. The van der Waals surface area contributed by atoms with Crippen molar-refractivity contribution >= 4 is 26.6 Å². The lowest BCUT2D eigenvalue weighted by molar-refractivity contribution is 0.373. The van der Waals surface area contributed by atoms with E-state index in [-0.39, 0.29) is 4.90 Å². The second-order valence-corrected chi connectivity index (χ2v) is 10.5. The number of methoxy groups -OCH3 is 1. The number of anilines is 1. The van der Waals surface area contributed by atoms with Crippen molar-refractivity contribution in [2.24, 2.45) is 5.92 Å². The van der Waals surface area contributed by atoms with E-state index in [1.165, 1.54) is 19.2 Å². The number of nitrogens with one attached hydrogen (secondary N) is 2. The maximum Gasteiger partial charge on any atom is 0.261 e. The summed E-state index contributed by atoms with van der Waals surface area (Å²) in [6.07, 6.45) is 1.64. The van der Waals surface area contributed by atoms with Crippen molar-refractivity contribution in [3.05, 3.63) is 85.1 Å². The van der Waals surface area contributed by atoms with Gasteiger partial charge >= 0.3 is 0 Å². The molecular weight excluding hydrogens is 508 g/mol. The second-order valence-electron chi connectivity index (χ2n) is 8.83. The molecule has 1 aromatic heterocycles. The maximum atomic E-state index is 12.3. The lowest BCUT2D eigenvalue weighted by Crippen LogP contribution is -2.15. The molecule has 0 atom stereocenters. The number of ether oxygens (including phenoxy) is 1. The van der Waals surface area contributed by atoms with Gasteiger partial charge in [-0.05, 0) is 68.5 Å². The molecule has 0 radical (unpaired) electrons. The standard InChI is InChI=1S/C14H13N3O3S.C6H6.C5H13N.C4H10.C2H6/c1-20-12-3-5-13(6-4-12)21(18,19)17-11-2-7-14-10(8-11)9-15-16-14;1-2-4-6-5-3-1;1-4-6(3)5-2;1-4(2)3;1-2/h2-9,17H,1H3,(H,15,16);1-6H;4-5H2,1-3H3;4H,1-3H3;1-2H3. The highest BCUT2D eigenvalue weighted by molar-refractivity contribution is 7.92.